The third-order valence-electron chi connectivity index (χ3n) is 3.96. The van der Waals surface area contributed by atoms with Gasteiger partial charge in [0.15, 0.2) is 5.96 Å². The van der Waals surface area contributed by atoms with E-state index in [4.69, 9.17) is 10.7 Å². The first-order valence-corrected chi connectivity index (χ1v) is 7.45. The van der Waals surface area contributed by atoms with E-state index in [1.54, 1.807) is 0 Å². The molecular weight excluding hydrogens is 234 g/mol. The molecule has 1 aliphatic carbocycles. The van der Waals surface area contributed by atoms with Crippen LogP contribution in [0.25, 0.3) is 0 Å². The topological polar surface area (TPSA) is 50.4 Å². The SMILES string of the molecule is CCC(N=C(N)Nc1ccccc1)C1CCCCC1. The van der Waals surface area contributed by atoms with Crippen molar-refractivity contribution in [2.45, 2.75) is 51.5 Å². The van der Waals surface area contributed by atoms with Crippen LogP contribution in [-0.2, 0) is 0 Å². The van der Waals surface area contributed by atoms with Crippen molar-refractivity contribution in [1.29, 1.82) is 0 Å². The van der Waals surface area contributed by atoms with Crippen molar-refractivity contribution in [3.63, 3.8) is 0 Å². The molecule has 0 spiro atoms. The van der Waals surface area contributed by atoms with Gasteiger partial charge in [-0.1, -0.05) is 44.4 Å². The van der Waals surface area contributed by atoms with E-state index in [1.807, 2.05) is 30.3 Å². The van der Waals surface area contributed by atoms with Gasteiger partial charge in [0.2, 0.25) is 0 Å². The number of aliphatic imine (C=N–C) groups is 1. The molecule has 3 nitrogen and oxygen atoms in total. The number of anilines is 1. The molecule has 0 aliphatic heterocycles. The van der Waals surface area contributed by atoms with Crippen LogP contribution in [0.1, 0.15) is 45.4 Å². The summed E-state index contributed by atoms with van der Waals surface area (Å²) in [7, 11) is 0. The molecule has 1 atom stereocenters. The number of rotatable bonds is 4. The summed E-state index contributed by atoms with van der Waals surface area (Å²) in [6, 6.07) is 10.4. The van der Waals surface area contributed by atoms with E-state index < -0.39 is 0 Å². The Labute approximate surface area is 116 Å². The van der Waals surface area contributed by atoms with E-state index in [-0.39, 0.29) is 0 Å². The second-order valence-corrected chi connectivity index (χ2v) is 5.38. The molecule has 3 N–H and O–H groups in total. The Morgan fingerprint density at radius 1 is 1.26 bits per heavy atom. The highest BCUT2D eigenvalue weighted by Crippen LogP contribution is 2.29. The quantitative estimate of drug-likeness (QED) is 0.638. The molecule has 1 fully saturated rings. The predicted molar refractivity (Wildman–Crippen MR) is 82.3 cm³/mol. The molecule has 104 valence electrons. The van der Waals surface area contributed by atoms with Gasteiger partial charge in [0, 0.05) is 5.69 Å². The summed E-state index contributed by atoms with van der Waals surface area (Å²) in [5.74, 6) is 1.26. The van der Waals surface area contributed by atoms with Crippen LogP contribution in [0.3, 0.4) is 0 Å². The third-order valence-corrected chi connectivity index (χ3v) is 3.96. The first-order chi connectivity index (χ1) is 9.29. The van der Waals surface area contributed by atoms with Crippen molar-refractivity contribution < 1.29 is 0 Å². The van der Waals surface area contributed by atoms with Crippen molar-refractivity contribution in [3.8, 4) is 0 Å². The number of hydrogen-bond donors (Lipinski definition) is 2. The highest BCUT2D eigenvalue weighted by molar-refractivity contribution is 5.92. The average molecular weight is 259 g/mol. The van der Waals surface area contributed by atoms with Gasteiger partial charge >= 0.3 is 0 Å². The Morgan fingerprint density at radius 2 is 1.95 bits per heavy atom. The molecule has 0 amide bonds. The van der Waals surface area contributed by atoms with E-state index in [2.05, 4.69) is 12.2 Å². The van der Waals surface area contributed by atoms with Crippen LogP contribution >= 0.6 is 0 Å². The van der Waals surface area contributed by atoms with Gasteiger partial charge in [0.05, 0.1) is 6.04 Å². The van der Waals surface area contributed by atoms with E-state index in [0.29, 0.717) is 12.0 Å². The van der Waals surface area contributed by atoms with Crippen molar-refractivity contribution in [1.82, 2.24) is 0 Å². The summed E-state index contributed by atoms with van der Waals surface area (Å²) in [5.41, 5.74) is 7.03. The first-order valence-electron chi connectivity index (χ1n) is 7.45. The molecule has 1 aromatic carbocycles. The lowest BCUT2D eigenvalue weighted by atomic mass is 9.83. The Morgan fingerprint density at radius 3 is 2.58 bits per heavy atom. The zero-order valence-corrected chi connectivity index (χ0v) is 11.8. The van der Waals surface area contributed by atoms with Gasteiger partial charge in [-0.2, -0.15) is 0 Å². The molecule has 0 radical (unpaired) electrons. The smallest absolute Gasteiger partial charge is 0.193 e. The summed E-state index contributed by atoms with van der Waals surface area (Å²) in [4.78, 5) is 4.70. The number of guanidine groups is 1. The first kappa shape index (κ1) is 13.9. The fraction of sp³-hybridized carbons (Fsp3) is 0.562. The van der Waals surface area contributed by atoms with Gasteiger partial charge in [-0.25, -0.2) is 4.99 Å². The predicted octanol–water partition coefficient (Wildman–Crippen LogP) is 3.77. The van der Waals surface area contributed by atoms with Crippen LogP contribution in [0.2, 0.25) is 0 Å². The van der Waals surface area contributed by atoms with Crippen molar-refractivity contribution >= 4 is 11.6 Å². The third kappa shape index (κ3) is 4.27. The molecular formula is C16H25N3. The molecule has 1 unspecified atom stereocenters. The fourth-order valence-corrected chi connectivity index (χ4v) is 2.93. The lowest BCUT2D eigenvalue weighted by Crippen LogP contribution is -2.29. The van der Waals surface area contributed by atoms with E-state index in [9.17, 15) is 0 Å². The van der Waals surface area contributed by atoms with Crippen LogP contribution < -0.4 is 11.1 Å². The molecule has 1 saturated carbocycles. The Kier molecular flexibility index (Phi) is 5.25. The highest BCUT2D eigenvalue weighted by atomic mass is 15.1. The number of para-hydroxylation sites is 1. The van der Waals surface area contributed by atoms with Crippen molar-refractivity contribution in [3.05, 3.63) is 30.3 Å². The molecule has 0 saturated heterocycles. The van der Waals surface area contributed by atoms with Gasteiger partial charge in [-0.3, -0.25) is 0 Å². The van der Waals surface area contributed by atoms with E-state index >= 15 is 0 Å². The Bertz CT molecular complexity index is 394. The molecule has 0 heterocycles. The minimum Gasteiger partial charge on any atom is -0.370 e. The summed E-state index contributed by atoms with van der Waals surface area (Å²) in [6.07, 6.45) is 7.77. The highest BCUT2D eigenvalue weighted by Gasteiger charge is 2.21. The van der Waals surface area contributed by atoms with Gasteiger partial charge in [-0.15, -0.1) is 0 Å². The maximum Gasteiger partial charge on any atom is 0.193 e. The van der Waals surface area contributed by atoms with Gasteiger partial charge in [0.1, 0.15) is 0 Å². The van der Waals surface area contributed by atoms with Crippen LogP contribution in [-0.4, -0.2) is 12.0 Å². The van der Waals surface area contributed by atoms with Crippen LogP contribution in [0.5, 0.6) is 0 Å². The molecule has 0 bridgehead atoms. The van der Waals surface area contributed by atoms with Crippen molar-refractivity contribution in [2.75, 3.05) is 5.32 Å². The monoisotopic (exact) mass is 259 g/mol. The minimum atomic E-state index is 0.372. The standard InChI is InChI=1S/C16H25N3/c1-2-15(13-9-5-3-6-10-13)19-16(17)18-14-11-7-4-8-12-14/h4,7-8,11-13,15H,2-3,5-6,9-10H2,1H3,(H3,17,18,19). The van der Waals surface area contributed by atoms with Gasteiger partial charge in [0.25, 0.3) is 0 Å². The number of nitrogens with one attached hydrogen (secondary N) is 1. The molecule has 1 aliphatic rings. The molecule has 1 aromatic rings. The maximum absolute atomic E-state index is 6.03. The van der Waals surface area contributed by atoms with Gasteiger partial charge in [-0.05, 0) is 37.3 Å². The summed E-state index contributed by atoms with van der Waals surface area (Å²) < 4.78 is 0. The zero-order valence-electron chi connectivity index (χ0n) is 11.8. The Hall–Kier alpha value is -1.51. The average Bonchev–Trinajstić information content (AvgIpc) is 2.47. The normalized spacial score (nSPS) is 19.1. The lowest BCUT2D eigenvalue weighted by molar-refractivity contribution is 0.301. The second kappa shape index (κ2) is 7.17. The van der Waals surface area contributed by atoms with Crippen LogP contribution in [0, 0.1) is 5.92 Å². The van der Waals surface area contributed by atoms with E-state index in [1.165, 1.54) is 32.1 Å². The molecule has 19 heavy (non-hydrogen) atoms. The van der Waals surface area contributed by atoms with E-state index in [0.717, 1.165) is 18.0 Å². The summed E-state index contributed by atoms with van der Waals surface area (Å²) >= 11 is 0. The molecule has 2 rings (SSSR count). The number of hydrogen-bond acceptors (Lipinski definition) is 1. The number of benzene rings is 1. The fourth-order valence-electron chi connectivity index (χ4n) is 2.93. The summed E-state index contributed by atoms with van der Waals surface area (Å²) in [6.45, 7) is 2.21. The van der Waals surface area contributed by atoms with Crippen molar-refractivity contribution in [2.24, 2.45) is 16.6 Å². The minimum absolute atomic E-state index is 0.372. The van der Waals surface area contributed by atoms with Gasteiger partial charge < -0.3 is 11.1 Å². The molecule has 3 heteroatoms. The largest absolute Gasteiger partial charge is 0.370 e. The lowest BCUT2D eigenvalue weighted by Gasteiger charge is -2.27. The molecule has 0 aromatic heterocycles. The second-order valence-electron chi connectivity index (χ2n) is 5.38. The van der Waals surface area contributed by atoms with Crippen LogP contribution in [0.15, 0.2) is 35.3 Å². The maximum atomic E-state index is 6.03. The zero-order chi connectivity index (χ0) is 13.5. The van der Waals surface area contributed by atoms with Crippen LogP contribution in [0.4, 0.5) is 5.69 Å². The summed E-state index contributed by atoms with van der Waals surface area (Å²) in [5, 5.41) is 3.17. The number of nitrogens with two attached hydrogens (primary N) is 1. The Balaban J connectivity index is 1.96. The number of nitrogens with zero attached hydrogens (tertiary/aromatic N) is 1.